The maximum absolute atomic E-state index is 13.4. The van der Waals surface area contributed by atoms with E-state index in [-0.39, 0.29) is 36.6 Å². The monoisotopic (exact) mass is 617 g/mol. The first-order chi connectivity index (χ1) is 19.3. The number of carbonyl (C=O) groups is 4. The number of halogens is 1. The number of fused-ring (bicyclic) bond motifs is 3. The van der Waals surface area contributed by atoms with E-state index in [2.05, 4.69) is 36.4 Å². The summed E-state index contributed by atoms with van der Waals surface area (Å²) < 4.78 is 4.58. The maximum Gasteiger partial charge on any atom is 0.290 e. The molecule has 3 aliphatic rings. The van der Waals surface area contributed by atoms with Gasteiger partial charge in [-0.2, -0.15) is 10.2 Å². The van der Waals surface area contributed by atoms with Crippen LogP contribution in [0.15, 0.2) is 22.8 Å². The summed E-state index contributed by atoms with van der Waals surface area (Å²) >= 11 is 3.44. The lowest BCUT2D eigenvalue weighted by atomic mass is 9.73. The molecule has 3 N–H and O–H groups in total. The topological polar surface area (TPSA) is 173 Å². The fraction of sp³-hybridized carbons (Fsp3) is 0.500. The van der Waals surface area contributed by atoms with Crippen molar-refractivity contribution in [3.8, 4) is 0 Å². The molecule has 5 heterocycles. The van der Waals surface area contributed by atoms with Crippen LogP contribution >= 0.6 is 15.9 Å². The van der Waals surface area contributed by atoms with E-state index in [0.717, 1.165) is 60.8 Å². The minimum atomic E-state index is -0.250. The summed E-state index contributed by atoms with van der Waals surface area (Å²) in [6.45, 7) is 1.71. The average Bonchev–Trinajstić information content (AvgIpc) is 3.64. The smallest absolute Gasteiger partial charge is 0.290 e. The third-order valence-electron chi connectivity index (χ3n) is 7.76. The number of anilines is 1. The Hall–Kier alpha value is -3.81. The van der Waals surface area contributed by atoms with Crippen LogP contribution in [0, 0.1) is 17.8 Å². The Balaban J connectivity index is 0.000000568. The fourth-order valence-corrected chi connectivity index (χ4v) is 6.37. The highest BCUT2D eigenvalue weighted by molar-refractivity contribution is 9.10. The van der Waals surface area contributed by atoms with Gasteiger partial charge in [-0.25, -0.2) is 4.98 Å². The van der Waals surface area contributed by atoms with E-state index in [1.54, 1.807) is 10.9 Å². The van der Waals surface area contributed by atoms with Crippen LogP contribution in [-0.4, -0.2) is 77.5 Å². The number of hydrogen-bond donors (Lipinski definition) is 3. The highest BCUT2D eigenvalue weighted by Crippen LogP contribution is 2.41. The normalized spacial score (nSPS) is 21.1. The van der Waals surface area contributed by atoms with Gasteiger partial charge in [0.25, 0.3) is 18.9 Å². The molecule has 3 aromatic rings. The van der Waals surface area contributed by atoms with Gasteiger partial charge in [0.05, 0.1) is 5.52 Å². The average molecular weight is 618 g/mol. The van der Waals surface area contributed by atoms with Gasteiger partial charge in [0, 0.05) is 49.0 Å². The van der Waals surface area contributed by atoms with Crippen molar-refractivity contribution in [2.24, 2.45) is 24.8 Å². The van der Waals surface area contributed by atoms with Crippen LogP contribution in [0.1, 0.15) is 48.3 Å². The van der Waals surface area contributed by atoms with Crippen LogP contribution in [0.5, 0.6) is 0 Å². The predicted octanol–water partition coefficient (Wildman–Crippen LogP) is 2.79. The molecule has 0 unspecified atom stereocenters. The van der Waals surface area contributed by atoms with E-state index >= 15 is 0 Å². The van der Waals surface area contributed by atoms with Crippen LogP contribution in [0.25, 0.3) is 11.0 Å². The minimum Gasteiger partial charge on any atom is -0.483 e. The Morgan fingerprint density at radius 1 is 1.07 bits per heavy atom. The summed E-state index contributed by atoms with van der Waals surface area (Å²) in [5.41, 5.74) is 3.24. The highest BCUT2D eigenvalue weighted by atomic mass is 79.9. The van der Waals surface area contributed by atoms with E-state index < -0.39 is 0 Å². The molecule has 214 valence electrons. The number of nitrogens with zero attached hydrogens (tertiary/aromatic N) is 6. The quantitative estimate of drug-likeness (QED) is 0.373. The molecule has 2 amide bonds. The molecule has 0 aromatic carbocycles. The van der Waals surface area contributed by atoms with Gasteiger partial charge in [-0.3, -0.25) is 28.5 Å². The Labute approximate surface area is 238 Å². The molecular formula is C26H32BrN7O6. The van der Waals surface area contributed by atoms with E-state index in [1.165, 1.54) is 0 Å². The van der Waals surface area contributed by atoms with Gasteiger partial charge in [-0.05, 0) is 72.0 Å². The Kier molecular flexibility index (Phi) is 9.50. The molecule has 2 fully saturated rings. The number of carboxylic acid groups (broad SMARTS) is 2. The Morgan fingerprint density at radius 2 is 1.82 bits per heavy atom. The van der Waals surface area contributed by atoms with Crippen molar-refractivity contribution in [1.82, 2.24) is 29.4 Å². The van der Waals surface area contributed by atoms with Gasteiger partial charge in [0.15, 0.2) is 11.5 Å². The molecular weight excluding hydrogens is 586 g/mol. The van der Waals surface area contributed by atoms with Crippen molar-refractivity contribution in [1.29, 1.82) is 0 Å². The van der Waals surface area contributed by atoms with Crippen molar-refractivity contribution in [3.63, 3.8) is 0 Å². The molecule has 0 spiro atoms. The zero-order valence-electron chi connectivity index (χ0n) is 22.1. The zero-order valence-corrected chi connectivity index (χ0v) is 23.7. The molecule has 1 aliphatic carbocycles. The first-order valence-electron chi connectivity index (χ1n) is 13.1. The first-order valence-corrected chi connectivity index (χ1v) is 13.9. The minimum absolute atomic E-state index is 0.000884. The molecule has 13 nitrogen and oxygen atoms in total. The molecule has 2 aliphatic heterocycles. The standard InChI is InChI=1S/C24H28BrN7O2.2CH2O2/c1-30-20-9-15(25)11-26-21(20)22(29-30)27-23(33)17-7-4-5-14-12-31(13-18(14)17)24(34)19-10-16-6-2-3-8-32(16)28-19;2*2-1-3/h9-11,14,17-18H,2-8,12-13H2,1H3,(H,27,29,33);2*1H,(H,2,3)/t14-,17+,18-;;/m1../s1. The van der Waals surface area contributed by atoms with Crippen LogP contribution < -0.4 is 5.32 Å². The second-order valence-electron chi connectivity index (χ2n) is 10.1. The number of nitrogens with one attached hydrogen (secondary N) is 1. The second-order valence-corrected chi connectivity index (χ2v) is 11.0. The number of carbonyl (C=O) groups excluding carboxylic acids is 2. The van der Waals surface area contributed by atoms with E-state index in [4.69, 9.17) is 19.8 Å². The van der Waals surface area contributed by atoms with Gasteiger partial charge in [-0.15, -0.1) is 0 Å². The lowest BCUT2D eigenvalue weighted by Crippen LogP contribution is -2.36. The molecule has 3 aromatic heterocycles. The third-order valence-corrected chi connectivity index (χ3v) is 8.19. The van der Waals surface area contributed by atoms with Gasteiger partial charge in [-0.1, -0.05) is 6.42 Å². The summed E-state index contributed by atoms with van der Waals surface area (Å²) in [5.74, 6) is 0.838. The van der Waals surface area contributed by atoms with E-state index in [9.17, 15) is 9.59 Å². The number of pyridine rings is 1. The van der Waals surface area contributed by atoms with Crippen LogP contribution in [0.2, 0.25) is 0 Å². The summed E-state index contributed by atoms with van der Waals surface area (Å²) in [7, 11) is 1.84. The summed E-state index contributed by atoms with van der Waals surface area (Å²) in [6.07, 6.45) is 7.85. The summed E-state index contributed by atoms with van der Waals surface area (Å²) in [6, 6.07) is 3.90. The highest BCUT2D eigenvalue weighted by Gasteiger charge is 2.45. The fourth-order valence-electron chi connectivity index (χ4n) is 6.05. The largest absolute Gasteiger partial charge is 0.483 e. The third kappa shape index (κ3) is 6.16. The molecule has 6 rings (SSSR count). The van der Waals surface area contributed by atoms with Crippen LogP contribution in [0.3, 0.4) is 0 Å². The number of likely N-dealkylation sites (tertiary alicyclic amines) is 1. The van der Waals surface area contributed by atoms with Gasteiger partial charge >= 0.3 is 0 Å². The van der Waals surface area contributed by atoms with E-state index in [1.807, 2.05) is 28.8 Å². The van der Waals surface area contributed by atoms with Gasteiger partial charge < -0.3 is 20.4 Å². The number of aromatic nitrogens is 5. The molecule has 1 saturated carbocycles. The number of hydrogen-bond acceptors (Lipinski definition) is 7. The van der Waals surface area contributed by atoms with Gasteiger partial charge in [0.2, 0.25) is 5.91 Å². The van der Waals surface area contributed by atoms with E-state index in [0.29, 0.717) is 36.0 Å². The van der Waals surface area contributed by atoms with Crippen LogP contribution in [0.4, 0.5) is 5.82 Å². The van der Waals surface area contributed by atoms with Crippen molar-refractivity contribution < 1.29 is 29.4 Å². The zero-order chi connectivity index (χ0) is 28.8. The molecule has 3 atom stereocenters. The van der Waals surface area contributed by atoms with Gasteiger partial charge in [0.1, 0.15) is 5.52 Å². The first kappa shape index (κ1) is 29.2. The second kappa shape index (κ2) is 13.0. The summed E-state index contributed by atoms with van der Waals surface area (Å²) in [4.78, 5) is 49.8. The molecule has 1 saturated heterocycles. The lowest BCUT2D eigenvalue weighted by Gasteiger charge is -2.31. The van der Waals surface area contributed by atoms with Crippen molar-refractivity contribution >= 4 is 57.5 Å². The molecule has 0 radical (unpaired) electrons. The molecule has 14 heteroatoms. The SMILES string of the molecule is Cn1nc(NC(=O)[C@H]2CCC[C@@H]3CN(C(=O)c4cc5n(n4)CCCC5)C[C@H]32)c2ncc(Br)cc21.O=CO.O=CO. The maximum atomic E-state index is 13.4. The molecule has 0 bridgehead atoms. The number of aryl methyl sites for hydroxylation is 3. The van der Waals surface area contributed by atoms with Crippen LogP contribution in [-0.2, 0) is 34.4 Å². The van der Waals surface area contributed by atoms with Crippen molar-refractivity contribution in [3.05, 3.63) is 34.2 Å². The number of amides is 2. The predicted molar refractivity (Wildman–Crippen MR) is 148 cm³/mol. The molecule has 40 heavy (non-hydrogen) atoms. The van der Waals surface area contributed by atoms with Crippen molar-refractivity contribution in [2.75, 3.05) is 18.4 Å². The Bertz CT molecular complexity index is 1360. The summed E-state index contributed by atoms with van der Waals surface area (Å²) in [5, 5.41) is 25.9. The van der Waals surface area contributed by atoms with Crippen molar-refractivity contribution in [2.45, 2.75) is 45.1 Å². The lowest BCUT2D eigenvalue weighted by molar-refractivity contribution is -0.123. The Morgan fingerprint density at radius 3 is 2.55 bits per heavy atom. The number of rotatable bonds is 3.